The molecule has 1 aliphatic heterocycles. The third-order valence-corrected chi connectivity index (χ3v) is 8.77. The lowest BCUT2D eigenvalue weighted by Gasteiger charge is -2.21. The van der Waals surface area contributed by atoms with E-state index in [1.807, 2.05) is 35.9 Å². The molecule has 1 amide bonds. The van der Waals surface area contributed by atoms with Crippen LogP contribution in [0.1, 0.15) is 51.1 Å². The summed E-state index contributed by atoms with van der Waals surface area (Å²) in [7, 11) is 1.88. The molecule has 1 fully saturated rings. The van der Waals surface area contributed by atoms with Gasteiger partial charge in [-0.15, -0.1) is 11.3 Å². The Labute approximate surface area is 250 Å². The molecule has 0 unspecified atom stereocenters. The Bertz CT molecular complexity index is 1620. The van der Waals surface area contributed by atoms with Crippen LogP contribution in [0.5, 0.6) is 0 Å². The van der Waals surface area contributed by atoms with Gasteiger partial charge in [-0.25, -0.2) is 4.98 Å². The highest BCUT2D eigenvalue weighted by Gasteiger charge is 2.30. The molecule has 41 heavy (non-hydrogen) atoms. The number of anilines is 1. The molecule has 214 valence electrons. The van der Waals surface area contributed by atoms with Gasteiger partial charge in [-0.2, -0.15) is 5.06 Å². The molecule has 0 spiro atoms. The second kappa shape index (κ2) is 12.7. The lowest BCUT2D eigenvalue weighted by atomic mass is 10.1. The Morgan fingerprint density at radius 2 is 2.00 bits per heavy atom. The first-order valence-electron chi connectivity index (χ1n) is 13.1. The van der Waals surface area contributed by atoms with Crippen molar-refractivity contribution in [3.05, 3.63) is 79.8 Å². The van der Waals surface area contributed by atoms with Gasteiger partial charge in [-0.3, -0.25) is 19.2 Å². The van der Waals surface area contributed by atoms with Crippen molar-refractivity contribution in [2.75, 3.05) is 18.5 Å². The van der Waals surface area contributed by atoms with Crippen molar-refractivity contribution in [2.24, 2.45) is 7.05 Å². The van der Waals surface area contributed by atoms with E-state index in [1.165, 1.54) is 11.3 Å². The number of amides is 1. The lowest BCUT2D eigenvalue weighted by Crippen LogP contribution is -2.27. The molecule has 2 aromatic heterocycles. The number of nitrogens with one attached hydrogen (secondary N) is 1. The van der Waals surface area contributed by atoms with Crippen LogP contribution in [0.15, 0.2) is 48.8 Å². The molecule has 3 heterocycles. The Hall–Kier alpha value is -3.28. The number of hydrogen-bond acceptors (Lipinski definition) is 7. The number of carboxylic acid groups (broad SMARTS) is 1. The molecule has 0 radical (unpaired) electrons. The number of para-hydroxylation sites is 1. The van der Waals surface area contributed by atoms with Crippen LogP contribution >= 0.6 is 34.5 Å². The largest absolute Gasteiger partial charge is 0.481 e. The number of aliphatic carboxylic acids is 1. The van der Waals surface area contributed by atoms with Gasteiger partial charge in [0, 0.05) is 53.2 Å². The molecule has 2 aromatic carbocycles. The van der Waals surface area contributed by atoms with E-state index in [0.29, 0.717) is 34.8 Å². The number of aromatic nitrogens is 2. The fourth-order valence-electron chi connectivity index (χ4n) is 4.91. The first kappa shape index (κ1) is 29.2. The summed E-state index contributed by atoms with van der Waals surface area (Å²) < 4.78 is 1.89. The van der Waals surface area contributed by atoms with Gasteiger partial charge in [0.1, 0.15) is 11.6 Å². The molecule has 5 rings (SSSR count). The van der Waals surface area contributed by atoms with Crippen LogP contribution in [0.2, 0.25) is 10.0 Å². The molecule has 1 aliphatic rings. The Morgan fingerprint density at radius 3 is 2.80 bits per heavy atom. The summed E-state index contributed by atoms with van der Waals surface area (Å²) in [5, 5.41) is 15.8. The standard InChI is InChI=1S/C29H28Cl2N4O5S/c1-34-15-21(20-5-2-3-6-25(20)34)28(39)33-24-13-22(30)17(12-23(24)31)11-18(36)16-40-35-10-4-7-26(35)29-32-14-19(41-29)8-9-27(37)38/h2-3,5-6,12-15,26H,4,7-11,16H2,1H3,(H,33,39)(H,37,38)/t26-/m0/s1. The minimum Gasteiger partial charge on any atom is -0.481 e. The molecule has 1 saturated heterocycles. The number of Topliss-reactive ketones (excluding diaryl/α,β-unsaturated/α-hetero) is 1. The van der Waals surface area contributed by atoms with E-state index >= 15 is 0 Å². The van der Waals surface area contributed by atoms with Gasteiger partial charge in [-0.05, 0) is 43.0 Å². The number of benzene rings is 2. The molecule has 9 nitrogen and oxygen atoms in total. The van der Waals surface area contributed by atoms with E-state index in [-0.39, 0.29) is 42.2 Å². The van der Waals surface area contributed by atoms with Gasteiger partial charge < -0.3 is 15.0 Å². The monoisotopic (exact) mass is 614 g/mol. The van der Waals surface area contributed by atoms with E-state index in [1.54, 1.807) is 29.6 Å². The first-order chi connectivity index (χ1) is 19.7. The number of carboxylic acids is 1. The summed E-state index contributed by atoms with van der Waals surface area (Å²) in [4.78, 5) is 47.9. The number of nitrogens with zero attached hydrogens (tertiary/aromatic N) is 3. The van der Waals surface area contributed by atoms with Crippen LogP contribution in [-0.2, 0) is 34.3 Å². The maximum Gasteiger partial charge on any atom is 0.303 e. The molecule has 2 N–H and O–H groups in total. The minimum absolute atomic E-state index is 0.0190. The molecule has 1 atom stereocenters. The maximum atomic E-state index is 13.0. The third kappa shape index (κ3) is 6.79. The van der Waals surface area contributed by atoms with Crippen molar-refractivity contribution < 1.29 is 24.3 Å². The minimum atomic E-state index is -0.842. The van der Waals surface area contributed by atoms with E-state index in [2.05, 4.69) is 10.3 Å². The van der Waals surface area contributed by atoms with E-state index in [4.69, 9.17) is 33.1 Å². The van der Waals surface area contributed by atoms with Crippen molar-refractivity contribution in [1.82, 2.24) is 14.6 Å². The number of rotatable bonds is 11. The normalized spacial score (nSPS) is 15.4. The molecular formula is C29H28Cl2N4O5S. The predicted octanol–water partition coefficient (Wildman–Crippen LogP) is 6.09. The second-order valence-electron chi connectivity index (χ2n) is 9.89. The highest BCUT2D eigenvalue weighted by Crippen LogP contribution is 2.35. The van der Waals surface area contributed by atoms with Crippen molar-refractivity contribution in [3.63, 3.8) is 0 Å². The zero-order valence-corrected chi connectivity index (χ0v) is 24.6. The first-order valence-corrected chi connectivity index (χ1v) is 14.7. The number of fused-ring (bicyclic) bond motifs is 1. The van der Waals surface area contributed by atoms with E-state index in [9.17, 15) is 14.4 Å². The Kier molecular flexibility index (Phi) is 9.06. The van der Waals surface area contributed by atoms with Crippen LogP contribution in [0, 0.1) is 0 Å². The van der Waals surface area contributed by atoms with E-state index < -0.39 is 5.97 Å². The number of thiazole rings is 1. The van der Waals surface area contributed by atoms with Gasteiger partial charge in [-0.1, -0.05) is 41.4 Å². The molecule has 4 aromatic rings. The van der Waals surface area contributed by atoms with Gasteiger partial charge in [0.05, 0.1) is 28.7 Å². The molecule has 0 saturated carbocycles. The molecular weight excluding hydrogens is 587 g/mol. The predicted molar refractivity (Wildman–Crippen MR) is 159 cm³/mol. The number of halogens is 2. The quantitative estimate of drug-likeness (QED) is 0.210. The number of hydrogen-bond donors (Lipinski definition) is 2. The smallest absolute Gasteiger partial charge is 0.303 e. The topological polar surface area (TPSA) is 114 Å². The summed E-state index contributed by atoms with van der Waals surface area (Å²) in [5.41, 5.74) is 2.34. The maximum absolute atomic E-state index is 13.0. The number of hydroxylamine groups is 2. The van der Waals surface area contributed by atoms with Crippen LogP contribution in [0.3, 0.4) is 0 Å². The fourth-order valence-corrected chi connectivity index (χ4v) is 6.43. The summed E-state index contributed by atoms with van der Waals surface area (Å²) in [6, 6.07) is 10.7. The average Bonchev–Trinajstić information content (AvgIpc) is 3.68. The lowest BCUT2D eigenvalue weighted by molar-refractivity contribution is -0.176. The fraction of sp³-hybridized carbons (Fsp3) is 0.310. The molecule has 0 bridgehead atoms. The van der Waals surface area contributed by atoms with Gasteiger partial charge in [0.15, 0.2) is 5.78 Å². The third-order valence-electron chi connectivity index (χ3n) is 6.95. The highest BCUT2D eigenvalue weighted by atomic mass is 35.5. The summed E-state index contributed by atoms with van der Waals surface area (Å²) >= 11 is 14.4. The SMILES string of the molecule is Cn1cc(C(=O)Nc2cc(Cl)c(CC(=O)CON3CCC[C@H]3c3ncc(CCC(=O)O)s3)cc2Cl)c2ccccc21. The molecule has 0 aliphatic carbocycles. The van der Waals surface area contributed by atoms with Crippen LogP contribution in [-0.4, -0.2) is 50.5 Å². The summed E-state index contributed by atoms with van der Waals surface area (Å²) in [5.74, 6) is -1.33. The Morgan fingerprint density at radius 1 is 1.20 bits per heavy atom. The van der Waals surface area contributed by atoms with Crippen LogP contribution in [0.25, 0.3) is 10.9 Å². The van der Waals surface area contributed by atoms with E-state index in [0.717, 1.165) is 33.6 Å². The van der Waals surface area contributed by atoms with Crippen molar-refractivity contribution in [1.29, 1.82) is 0 Å². The molecule has 12 heteroatoms. The van der Waals surface area contributed by atoms with Gasteiger partial charge >= 0.3 is 5.97 Å². The van der Waals surface area contributed by atoms with Gasteiger partial charge in [0.2, 0.25) is 0 Å². The summed E-state index contributed by atoms with van der Waals surface area (Å²) in [6.45, 7) is 0.529. The zero-order valence-electron chi connectivity index (χ0n) is 22.2. The van der Waals surface area contributed by atoms with Crippen molar-refractivity contribution in [3.8, 4) is 0 Å². The van der Waals surface area contributed by atoms with Gasteiger partial charge in [0.25, 0.3) is 5.91 Å². The zero-order chi connectivity index (χ0) is 29.1. The van der Waals surface area contributed by atoms with Crippen molar-refractivity contribution >= 4 is 68.8 Å². The Balaban J connectivity index is 1.18. The number of carbonyl (C=O) groups excluding carboxylic acids is 2. The van der Waals surface area contributed by atoms with Crippen LogP contribution in [0.4, 0.5) is 5.69 Å². The number of aryl methyl sites for hydroxylation is 2. The second-order valence-corrected chi connectivity index (χ2v) is 11.9. The summed E-state index contributed by atoms with van der Waals surface area (Å²) in [6.07, 6.45) is 5.74. The number of carbonyl (C=O) groups is 3. The highest BCUT2D eigenvalue weighted by molar-refractivity contribution is 7.11. The van der Waals surface area contributed by atoms with Crippen LogP contribution < -0.4 is 5.32 Å². The number of ketones is 1. The average molecular weight is 616 g/mol. The van der Waals surface area contributed by atoms with Crippen molar-refractivity contribution in [2.45, 2.75) is 38.1 Å².